The summed E-state index contributed by atoms with van der Waals surface area (Å²) in [7, 11) is 1.67. The fourth-order valence-corrected chi connectivity index (χ4v) is 4.18. The molecule has 0 spiro atoms. The summed E-state index contributed by atoms with van der Waals surface area (Å²) in [5, 5.41) is 1.08. The number of ether oxygens (including phenoxy) is 1. The molecular formula is C21H22N4O. The van der Waals surface area contributed by atoms with Crippen LogP contribution in [-0.4, -0.2) is 26.6 Å². The highest BCUT2D eigenvalue weighted by molar-refractivity contribution is 5.96. The van der Waals surface area contributed by atoms with Crippen molar-refractivity contribution in [2.75, 3.05) is 7.11 Å². The minimum Gasteiger partial charge on any atom is -0.495 e. The van der Waals surface area contributed by atoms with Gasteiger partial charge in [0.05, 0.1) is 30.7 Å². The molecule has 3 heterocycles. The Morgan fingerprint density at radius 1 is 1.12 bits per heavy atom. The first-order valence-electron chi connectivity index (χ1n) is 9.31. The molecule has 3 aromatic heterocycles. The maximum atomic E-state index is 5.35. The zero-order valence-electron chi connectivity index (χ0n) is 14.9. The van der Waals surface area contributed by atoms with Gasteiger partial charge in [0.25, 0.3) is 0 Å². The van der Waals surface area contributed by atoms with Gasteiger partial charge in [-0.25, -0.2) is 9.97 Å². The normalized spacial score (nSPS) is 15.7. The zero-order chi connectivity index (χ0) is 17.5. The van der Waals surface area contributed by atoms with Crippen molar-refractivity contribution in [1.82, 2.24) is 19.5 Å². The van der Waals surface area contributed by atoms with Gasteiger partial charge in [0, 0.05) is 23.2 Å². The fraction of sp³-hybridized carbons (Fsp3) is 0.333. The summed E-state index contributed by atoms with van der Waals surface area (Å²) < 4.78 is 7.73. The number of aromatic amines is 1. The van der Waals surface area contributed by atoms with Crippen molar-refractivity contribution in [3.63, 3.8) is 0 Å². The van der Waals surface area contributed by atoms with Crippen LogP contribution in [0.25, 0.3) is 33.2 Å². The molecule has 132 valence electrons. The standard InChI is InChI=1S/C21H22N4O/c1-26-16-10-17-18(12-23-21(17)22-11-16)14-7-8-19-20(9-14)25(13-24-19)15-5-3-2-4-6-15/h7-13,15H,2-6H2,1H3,(H,22,23). The molecule has 5 rings (SSSR count). The van der Waals surface area contributed by atoms with E-state index in [1.165, 1.54) is 43.2 Å². The minimum atomic E-state index is 0.578. The van der Waals surface area contributed by atoms with E-state index in [9.17, 15) is 0 Å². The first kappa shape index (κ1) is 15.4. The number of imidazole rings is 1. The highest BCUT2D eigenvalue weighted by atomic mass is 16.5. The van der Waals surface area contributed by atoms with Gasteiger partial charge in [0.2, 0.25) is 0 Å². The third-order valence-corrected chi connectivity index (χ3v) is 5.60. The van der Waals surface area contributed by atoms with Gasteiger partial charge in [-0.2, -0.15) is 0 Å². The molecule has 1 fully saturated rings. The molecular weight excluding hydrogens is 324 g/mol. The molecule has 0 aliphatic heterocycles. The van der Waals surface area contributed by atoms with Crippen LogP contribution in [0.15, 0.2) is 43.0 Å². The Hall–Kier alpha value is -2.82. The number of fused-ring (bicyclic) bond motifs is 2. The van der Waals surface area contributed by atoms with Gasteiger partial charge >= 0.3 is 0 Å². The SMILES string of the molecule is COc1cnc2[nH]cc(-c3ccc4ncn(C5CCCCC5)c4c3)c2c1. The molecule has 0 atom stereocenters. The van der Waals surface area contributed by atoms with Gasteiger partial charge < -0.3 is 14.3 Å². The zero-order valence-corrected chi connectivity index (χ0v) is 14.9. The number of benzene rings is 1. The highest BCUT2D eigenvalue weighted by Gasteiger charge is 2.18. The Labute approximate surface area is 152 Å². The molecule has 26 heavy (non-hydrogen) atoms. The van der Waals surface area contributed by atoms with Crippen LogP contribution in [0.1, 0.15) is 38.1 Å². The average molecular weight is 346 g/mol. The first-order valence-corrected chi connectivity index (χ1v) is 9.31. The van der Waals surface area contributed by atoms with Crippen molar-refractivity contribution in [3.8, 4) is 16.9 Å². The van der Waals surface area contributed by atoms with Gasteiger partial charge in [-0.15, -0.1) is 0 Å². The Bertz CT molecular complexity index is 1070. The van der Waals surface area contributed by atoms with E-state index in [1.54, 1.807) is 13.3 Å². The molecule has 1 N–H and O–H groups in total. The number of nitrogens with zero attached hydrogens (tertiary/aromatic N) is 3. The minimum absolute atomic E-state index is 0.578. The van der Waals surface area contributed by atoms with Crippen LogP contribution in [-0.2, 0) is 0 Å². The number of aromatic nitrogens is 4. The summed E-state index contributed by atoms with van der Waals surface area (Å²) in [5.41, 5.74) is 5.48. The largest absolute Gasteiger partial charge is 0.495 e. The number of methoxy groups -OCH3 is 1. The van der Waals surface area contributed by atoms with Crippen LogP contribution >= 0.6 is 0 Å². The molecule has 0 bridgehead atoms. The number of hydrogen-bond donors (Lipinski definition) is 1. The van der Waals surface area contributed by atoms with Crippen molar-refractivity contribution < 1.29 is 4.74 Å². The summed E-state index contributed by atoms with van der Waals surface area (Å²) in [5.74, 6) is 0.770. The topological polar surface area (TPSA) is 55.7 Å². The molecule has 1 aliphatic rings. The summed E-state index contributed by atoms with van der Waals surface area (Å²) in [6.45, 7) is 0. The summed E-state index contributed by atoms with van der Waals surface area (Å²) in [6.07, 6.45) is 12.3. The van der Waals surface area contributed by atoms with E-state index in [2.05, 4.69) is 37.7 Å². The molecule has 1 aliphatic carbocycles. The molecule has 0 amide bonds. The van der Waals surface area contributed by atoms with E-state index < -0.39 is 0 Å². The highest BCUT2D eigenvalue weighted by Crippen LogP contribution is 2.34. The molecule has 1 saturated carbocycles. The lowest BCUT2D eigenvalue weighted by Crippen LogP contribution is -2.11. The van der Waals surface area contributed by atoms with Crippen molar-refractivity contribution >= 4 is 22.1 Å². The van der Waals surface area contributed by atoms with Crippen LogP contribution in [0.5, 0.6) is 5.75 Å². The van der Waals surface area contributed by atoms with Crippen molar-refractivity contribution in [3.05, 3.63) is 43.0 Å². The number of H-pyrrole nitrogens is 1. The lowest BCUT2D eigenvalue weighted by Gasteiger charge is -2.23. The van der Waals surface area contributed by atoms with Crippen LogP contribution in [0.3, 0.4) is 0 Å². The molecule has 4 aromatic rings. The van der Waals surface area contributed by atoms with Crippen molar-refractivity contribution in [2.24, 2.45) is 0 Å². The van der Waals surface area contributed by atoms with Gasteiger partial charge in [0.15, 0.2) is 0 Å². The van der Waals surface area contributed by atoms with Crippen LogP contribution in [0.4, 0.5) is 0 Å². The lowest BCUT2D eigenvalue weighted by molar-refractivity contribution is 0.359. The van der Waals surface area contributed by atoms with E-state index in [-0.39, 0.29) is 0 Å². The molecule has 0 saturated heterocycles. The van der Waals surface area contributed by atoms with Crippen LogP contribution < -0.4 is 4.74 Å². The van der Waals surface area contributed by atoms with E-state index in [1.807, 2.05) is 18.6 Å². The number of nitrogens with one attached hydrogen (secondary N) is 1. The summed E-state index contributed by atoms with van der Waals surface area (Å²) >= 11 is 0. The van der Waals surface area contributed by atoms with Gasteiger partial charge in [-0.1, -0.05) is 25.3 Å². The molecule has 5 heteroatoms. The van der Waals surface area contributed by atoms with E-state index >= 15 is 0 Å². The Kier molecular flexibility index (Phi) is 3.66. The second kappa shape index (κ2) is 6.16. The van der Waals surface area contributed by atoms with Gasteiger partial charge in [0.1, 0.15) is 11.4 Å². The number of hydrogen-bond acceptors (Lipinski definition) is 3. The Morgan fingerprint density at radius 3 is 2.85 bits per heavy atom. The smallest absolute Gasteiger partial charge is 0.138 e. The molecule has 0 radical (unpaired) electrons. The summed E-state index contributed by atoms with van der Waals surface area (Å²) in [6, 6.07) is 9.14. The van der Waals surface area contributed by atoms with Crippen LogP contribution in [0, 0.1) is 0 Å². The second-order valence-corrected chi connectivity index (χ2v) is 7.12. The maximum Gasteiger partial charge on any atom is 0.138 e. The van der Waals surface area contributed by atoms with E-state index in [0.29, 0.717) is 6.04 Å². The third kappa shape index (κ3) is 2.46. The van der Waals surface area contributed by atoms with Gasteiger partial charge in [-0.05, 0) is 36.6 Å². The molecule has 1 aromatic carbocycles. The van der Waals surface area contributed by atoms with E-state index in [4.69, 9.17) is 4.74 Å². The number of pyridine rings is 1. The second-order valence-electron chi connectivity index (χ2n) is 7.12. The monoisotopic (exact) mass is 346 g/mol. The Morgan fingerprint density at radius 2 is 2.00 bits per heavy atom. The molecule has 5 nitrogen and oxygen atoms in total. The quantitative estimate of drug-likeness (QED) is 0.562. The predicted octanol–water partition coefficient (Wildman–Crippen LogP) is 5.09. The first-order chi connectivity index (χ1) is 12.8. The molecule has 0 unspecified atom stereocenters. The van der Waals surface area contributed by atoms with Crippen molar-refractivity contribution in [1.29, 1.82) is 0 Å². The predicted molar refractivity (Wildman–Crippen MR) is 103 cm³/mol. The van der Waals surface area contributed by atoms with Gasteiger partial charge in [-0.3, -0.25) is 0 Å². The lowest BCUT2D eigenvalue weighted by atomic mass is 9.95. The fourth-order valence-electron chi connectivity index (χ4n) is 4.18. The maximum absolute atomic E-state index is 5.35. The van der Waals surface area contributed by atoms with Crippen molar-refractivity contribution in [2.45, 2.75) is 38.1 Å². The summed E-state index contributed by atoms with van der Waals surface area (Å²) in [4.78, 5) is 12.3. The third-order valence-electron chi connectivity index (χ3n) is 5.60. The van der Waals surface area contributed by atoms with E-state index in [0.717, 1.165) is 27.9 Å². The Balaban J connectivity index is 1.63. The van der Waals surface area contributed by atoms with Crippen LogP contribution in [0.2, 0.25) is 0 Å². The number of rotatable bonds is 3. The average Bonchev–Trinajstić information content (AvgIpc) is 3.31.